The van der Waals surface area contributed by atoms with Crippen LogP contribution in [-0.2, 0) is 20.9 Å². The van der Waals surface area contributed by atoms with Gasteiger partial charge in [0, 0.05) is 17.9 Å². The zero-order chi connectivity index (χ0) is 17.9. The van der Waals surface area contributed by atoms with E-state index in [4.69, 9.17) is 9.84 Å². The summed E-state index contributed by atoms with van der Waals surface area (Å²) in [7, 11) is 0. The number of rotatable bonds is 3. The molecule has 1 aliphatic rings. The molecule has 2 amide bonds. The lowest BCUT2D eigenvalue weighted by molar-refractivity contribution is -0.139. The second-order valence-electron chi connectivity index (χ2n) is 6.51. The third kappa shape index (κ3) is 4.87. The lowest BCUT2D eigenvalue weighted by Crippen LogP contribution is -2.38. The van der Waals surface area contributed by atoms with Crippen LogP contribution in [0.3, 0.4) is 0 Å². The fourth-order valence-corrected chi connectivity index (χ4v) is 2.26. The first kappa shape index (κ1) is 17.6. The van der Waals surface area contributed by atoms with E-state index in [9.17, 15) is 14.4 Å². The van der Waals surface area contributed by atoms with Gasteiger partial charge in [0.05, 0.1) is 6.42 Å². The topological polar surface area (TPSA) is 117 Å². The molecule has 0 saturated heterocycles. The van der Waals surface area contributed by atoms with Crippen LogP contribution in [-0.4, -0.2) is 34.7 Å². The van der Waals surface area contributed by atoms with Gasteiger partial charge in [-0.1, -0.05) is 0 Å². The molecule has 1 aromatic rings. The molecular weight excluding hydrogens is 314 g/mol. The smallest absolute Gasteiger partial charge is 0.412 e. The first-order chi connectivity index (χ1) is 11.1. The Morgan fingerprint density at radius 1 is 1.38 bits per heavy atom. The van der Waals surface area contributed by atoms with Crippen molar-refractivity contribution in [3.8, 4) is 0 Å². The fraction of sp³-hybridized carbons (Fsp3) is 0.438. The van der Waals surface area contributed by atoms with E-state index < -0.39 is 23.7 Å². The molecule has 1 aliphatic heterocycles. The Kier molecular flexibility index (Phi) is 4.96. The minimum Gasteiger partial charge on any atom is -0.481 e. The summed E-state index contributed by atoms with van der Waals surface area (Å²) in [6.07, 6.45) is -0.889. The van der Waals surface area contributed by atoms with Gasteiger partial charge >= 0.3 is 12.1 Å². The van der Waals surface area contributed by atoms with Gasteiger partial charge in [-0.3, -0.25) is 14.9 Å². The number of carboxylic acids is 1. The SMILES string of the molecule is CC(C)(C)OC(=O)Nc1ccc2c(c1)CNC(=O)[C@H](CC(=O)O)N2. The van der Waals surface area contributed by atoms with Crippen LogP contribution >= 0.6 is 0 Å². The molecule has 0 aromatic heterocycles. The van der Waals surface area contributed by atoms with E-state index in [1.165, 1.54) is 0 Å². The number of hydrogen-bond donors (Lipinski definition) is 4. The molecule has 1 atom stereocenters. The first-order valence-electron chi connectivity index (χ1n) is 7.53. The van der Waals surface area contributed by atoms with Crippen LogP contribution in [0.5, 0.6) is 0 Å². The summed E-state index contributed by atoms with van der Waals surface area (Å²) < 4.78 is 5.19. The Morgan fingerprint density at radius 2 is 2.08 bits per heavy atom. The standard InChI is InChI=1S/C16H21N3O5/c1-16(2,3)24-15(23)18-10-4-5-11-9(6-10)8-17-14(22)12(19-11)7-13(20)21/h4-6,12,19H,7-8H2,1-3H3,(H,17,22)(H,18,23)(H,20,21)/t12-/m0/s1. The number of ether oxygens (including phenoxy) is 1. The number of aliphatic carboxylic acids is 1. The third-order valence-corrected chi connectivity index (χ3v) is 3.23. The van der Waals surface area contributed by atoms with Gasteiger partial charge in [0.15, 0.2) is 0 Å². The van der Waals surface area contributed by atoms with Crippen molar-refractivity contribution < 1.29 is 24.2 Å². The van der Waals surface area contributed by atoms with Crippen LogP contribution < -0.4 is 16.0 Å². The summed E-state index contributed by atoms with van der Waals surface area (Å²) in [4.78, 5) is 34.6. The molecule has 0 radical (unpaired) electrons. The molecule has 0 spiro atoms. The number of fused-ring (bicyclic) bond motifs is 1. The molecule has 8 heteroatoms. The van der Waals surface area contributed by atoms with Crippen molar-refractivity contribution in [2.75, 3.05) is 10.6 Å². The summed E-state index contributed by atoms with van der Waals surface area (Å²) >= 11 is 0. The summed E-state index contributed by atoms with van der Waals surface area (Å²) in [5, 5.41) is 17.1. The lowest BCUT2D eigenvalue weighted by Gasteiger charge is -2.20. The Labute approximate surface area is 139 Å². The van der Waals surface area contributed by atoms with Crippen LogP contribution in [0.1, 0.15) is 32.8 Å². The predicted molar refractivity (Wildman–Crippen MR) is 87.8 cm³/mol. The highest BCUT2D eigenvalue weighted by atomic mass is 16.6. The van der Waals surface area contributed by atoms with Crippen molar-refractivity contribution in [1.29, 1.82) is 0 Å². The van der Waals surface area contributed by atoms with E-state index in [0.29, 0.717) is 11.4 Å². The van der Waals surface area contributed by atoms with Gasteiger partial charge in [0.1, 0.15) is 11.6 Å². The molecule has 1 heterocycles. The molecular formula is C16H21N3O5. The largest absolute Gasteiger partial charge is 0.481 e. The molecule has 1 aromatic carbocycles. The maximum Gasteiger partial charge on any atom is 0.412 e. The normalized spacial score (nSPS) is 17.0. The third-order valence-electron chi connectivity index (χ3n) is 3.23. The van der Waals surface area contributed by atoms with Crippen molar-refractivity contribution in [2.24, 2.45) is 0 Å². The number of carboxylic acid groups (broad SMARTS) is 1. The molecule has 2 rings (SSSR count). The Bertz CT molecular complexity index is 666. The Balaban J connectivity index is 2.13. The first-order valence-corrected chi connectivity index (χ1v) is 7.53. The van der Waals surface area contributed by atoms with Crippen LogP contribution in [0.2, 0.25) is 0 Å². The average molecular weight is 335 g/mol. The number of hydrogen-bond acceptors (Lipinski definition) is 5. The number of benzene rings is 1. The van der Waals surface area contributed by atoms with E-state index in [2.05, 4.69) is 16.0 Å². The van der Waals surface area contributed by atoms with Gasteiger partial charge in [-0.05, 0) is 44.5 Å². The lowest BCUT2D eigenvalue weighted by atomic mass is 10.1. The van der Waals surface area contributed by atoms with E-state index in [-0.39, 0.29) is 18.9 Å². The van der Waals surface area contributed by atoms with E-state index >= 15 is 0 Å². The minimum atomic E-state index is -1.06. The Hall–Kier alpha value is -2.77. The van der Waals surface area contributed by atoms with Gasteiger partial charge in [0.2, 0.25) is 5.91 Å². The molecule has 24 heavy (non-hydrogen) atoms. The molecule has 4 N–H and O–H groups in total. The van der Waals surface area contributed by atoms with Crippen molar-refractivity contribution in [3.63, 3.8) is 0 Å². The van der Waals surface area contributed by atoms with Gasteiger partial charge in [0.25, 0.3) is 0 Å². The second-order valence-corrected chi connectivity index (χ2v) is 6.51. The van der Waals surface area contributed by atoms with E-state index in [1.54, 1.807) is 39.0 Å². The zero-order valence-corrected chi connectivity index (χ0v) is 13.8. The highest BCUT2D eigenvalue weighted by Gasteiger charge is 2.25. The molecule has 0 fully saturated rings. The van der Waals surface area contributed by atoms with Crippen molar-refractivity contribution in [1.82, 2.24) is 5.32 Å². The van der Waals surface area contributed by atoms with Crippen molar-refractivity contribution in [3.05, 3.63) is 23.8 Å². The number of carbonyl (C=O) groups is 3. The number of nitrogens with one attached hydrogen (secondary N) is 3. The summed E-state index contributed by atoms with van der Waals surface area (Å²) in [6.45, 7) is 5.55. The minimum absolute atomic E-state index is 0.237. The molecule has 130 valence electrons. The van der Waals surface area contributed by atoms with Crippen molar-refractivity contribution >= 4 is 29.3 Å². The summed E-state index contributed by atoms with van der Waals surface area (Å²) in [5.74, 6) is -1.44. The number of anilines is 2. The van der Waals surface area contributed by atoms with Crippen molar-refractivity contribution in [2.45, 2.75) is 45.4 Å². The van der Waals surface area contributed by atoms with Crippen LogP contribution in [0.4, 0.5) is 16.2 Å². The quantitative estimate of drug-likeness (QED) is 0.670. The predicted octanol–water partition coefficient (Wildman–Crippen LogP) is 1.92. The molecule has 0 saturated carbocycles. The number of carbonyl (C=O) groups excluding carboxylic acids is 2. The average Bonchev–Trinajstić information content (AvgIpc) is 2.56. The maximum absolute atomic E-state index is 11.9. The molecule has 0 bridgehead atoms. The second kappa shape index (κ2) is 6.77. The van der Waals surface area contributed by atoms with Crippen LogP contribution in [0.25, 0.3) is 0 Å². The Morgan fingerprint density at radius 3 is 2.71 bits per heavy atom. The molecule has 0 unspecified atom stereocenters. The monoisotopic (exact) mass is 335 g/mol. The van der Waals surface area contributed by atoms with Gasteiger partial charge in [-0.2, -0.15) is 0 Å². The van der Waals surface area contributed by atoms with E-state index in [1.807, 2.05) is 0 Å². The maximum atomic E-state index is 11.9. The highest BCUT2D eigenvalue weighted by Crippen LogP contribution is 2.24. The fourth-order valence-electron chi connectivity index (χ4n) is 2.26. The van der Waals surface area contributed by atoms with E-state index in [0.717, 1.165) is 5.56 Å². The summed E-state index contributed by atoms with van der Waals surface area (Å²) in [5.41, 5.74) is 1.31. The van der Waals surface area contributed by atoms with Crippen LogP contribution in [0, 0.1) is 0 Å². The van der Waals surface area contributed by atoms with Crippen LogP contribution in [0.15, 0.2) is 18.2 Å². The van der Waals surface area contributed by atoms with Gasteiger partial charge < -0.3 is 20.5 Å². The zero-order valence-electron chi connectivity index (χ0n) is 13.8. The summed E-state index contributed by atoms with van der Waals surface area (Å²) in [6, 6.07) is 4.21. The number of amides is 2. The van der Waals surface area contributed by atoms with Gasteiger partial charge in [-0.15, -0.1) is 0 Å². The molecule has 0 aliphatic carbocycles. The molecule has 8 nitrogen and oxygen atoms in total. The highest BCUT2D eigenvalue weighted by molar-refractivity contribution is 5.91. The van der Waals surface area contributed by atoms with Gasteiger partial charge in [-0.25, -0.2) is 4.79 Å².